The van der Waals surface area contributed by atoms with Gasteiger partial charge in [0, 0.05) is 0 Å². The smallest absolute Gasteiger partial charge is 0.213 e. The number of benzene rings is 1. The van der Waals surface area contributed by atoms with E-state index in [1.165, 1.54) is 24.3 Å². The highest BCUT2D eigenvalue weighted by atomic mass is 32.2. The molecule has 0 bridgehead atoms. The van der Waals surface area contributed by atoms with Crippen molar-refractivity contribution >= 4 is 15.7 Å². The van der Waals surface area contributed by atoms with E-state index in [4.69, 9.17) is 15.6 Å². The summed E-state index contributed by atoms with van der Waals surface area (Å²) in [4.78, 5) is 0. The molecule has 1 aromatic carbocycles. The Kier molecular flexibility index (Phi) is 3.06. The molecular weight excluding hydrogens is 208 g/mol. The predicted molar refractivity (Wildman–Crippen MR) is 49.3 cm³/mol. The molecule has 1 rings (SSSR count). The molecule has 0 spiro atoms. The van der Waals surface area contributed by atoms with E-state index < -0.39 is 10.0 Å². The highest BCUT2D eigenvalue weighted by molar-refractivity contribution is 7.88. The second kappa shape index (κ2) is 3.93. The van der Waals surface area contributed by atoms with Crippen molar-refractivity contribution in [1.82, 2.24) is 0 Å². The van der Waals surface area contributed by atoms with Gasteiger partial charge in [0.25, 0.3) is 0 Å². The van der Waals surface area contributed by atoms with Gasteiger partial charge in [0.15, 0.2) is 0 Å². The summed E-state index contributed by atoms with van der Waals surface area (Å²) in [6.07, 6.45) is 0. The van der Waals surface area contributed by atoms with Gasteiger partial charge in [-0.25, -0.2) is 13.6 Å². The van der Waals surface area contributed by atoms with Gasteiger partial charge in [-0.1, -0.05) is 12.1 Å². The lowest BCUT2D eigenvalue weighted by molar-refractivity contribution is 0.0291. The number of rotatable bonds is 3. The summed E-state index contributed by atoms with van der Waals surface area (Å²) in [5.41, 5.74) is 0.626. The Bertz CT molecular complexity index is 398. The van der Waals surface area contributed by atoms with Crippen LogP contribution < -0.4 is 10.4 Å². The van der Waals surface area contributed by atoms with E-state index in [1.807, 2.05) is 0 Å². The average Bonchev–Trinajstić information content (AvgIpc) is 2.02. The zero-order valence-electron chi connectivity index (χ0n) is 7.16. The van der Waals surface area contributed by atoms with Gasteiger partial charge < -0.3 is 0 Å². The molecule has 0 aliphatic rings. The highest BCUT2D eigenvalue weighted by Crippen LogP contribution is 2.12. The predicted octanol–water partition coefficient (Wildman–Crippen LogP) is 0.0599. The molecule has 0 fully saturated rings. The van der Waals surface area contributed by atoms with Crippen LogP contribution in [0.1, 0.15) is 5.56 Å². The molecule has 0 aliphatic carbocycles. The van der Waals surface area contributed by atoms with Gasteiger partial charge in [-0.15, -0.1) is 5.23 Å². The topological polar surface area (TPSA) is 104 Å². The third-order valence-corrected chi connectivity index (χ3v) is 2.27. The van der Waals surface area contributed by atoms with Crippen LogP contribution in [0.3, 0.4) is 0 Å². The zero-order valence-corrected chi connectivity index (χ0v) is 7.98. The van der Waals surface area contributed by atoms with Crippen molar-refractivity contribution in [2.24, 2.45) is 5.14 Å². The zero-order chi connectivity index (χ0) is 10.8. The molecule has 0 heterocycles. The van der Waals surface area contributed by atoms with Crippen molar-refractivity contribution in [3.8, 4) is 0 Å². The Morgan fingerprint density at radius 1 is 1.21 bits per heavy atom. The molecular formula is C7H10N2O4S. The molecule has 1 aromatic rings. The molecule has 0 saturated heterocycles. The number of hydrogen-bond donors (Lipinski definition) is 3. The lowest BCUT2D eigenvalue weighted by Crippen LogP contribution is -2.15. The largest absolute Gasteiger partial charge is 0.264 e. The minimum atomic E-state index is -3.55. The number of sulfonamides is 1. The van der Waals surface area contributed by atoms with Crippen molar-refractivity contribution in [2.45, 2.75) is 5.75 Å². The minimum Gasteiger partial charge on any atom is -0.264 e. The maximum Gasteiger partial charge on any atom is 0.213 e. The van der Waals surface area contributed by atoms with Crippen LogP contribution in [0.4, 0.5) is 5.69 Å². The summed E-state index contributed by atoms with van der Waals surface area (Å²) in [5, 5.41) is 22.0. The number of hydrogen-bond acceptors (Lipinski definition) is 5. The van der Waals surface area contributed by atoms with Crippen LogP contribution in [0.2, 0.25) is 0 Å². The van der Waals surface area contributed by atoms with Crippen LogP contribution in [0.5, 0.6) is 0 Å². The molecule has 0 amide bonds. The van der Waals surface area contributed by atoms with Gasteiger partial charge in [-0.3, -0.25) is 10.4 Å². The van der Waals surface area contributed by atoms with Gasteiger partial charge in [0.1, 0.15) is 0 Å². The first-order valence-electron chi connectivity index (χ1n) is 3.66. The Morgan fingerprint density at radius 2 is 1.71 bits per heavy atom. The number of nitrogens with two attached hydrogens (primary N) is 1. The van der Waals surface area contributed by atoms with E-state index in [2.05, 4.69) is 0 Å². The molecule has 14 heavy (non-hydrogen) atoms. The first-order chi connectivity index (χ1) is 6.38. The van der Waals surface area contributed by atoms with Gasteiger partial charge in [0.2, 0.25) is 10.0 Å². The van der Waals surface area contributed by atoms with E-state index in [0.717, 1.165) is 0 Å². The van der Waals surface area contributed by atoms with Gasteiger partial charge >= 0.3 is 0 Å². The normalized spacial score (nSPS) is 11.4. The van der Waals surface area contributed by atoms with Crippen LogP contribution in [-0.4, -0.2) is 18.8 Å². The summed E-state index contributed by atoms with van der Waals surface area (Å²) in [7, 11) is -3.55. The molecule has 0 atom stereocenters. The van der Waals surface area contributed by atoms with E-state index in [-0.39, 0.29) is 16.7 Å². The molecule has 0 saturated carbocycles. The van der Waals surface area contributed by atoms with Gasteiger partial charge in [0.05, 0.1) is 11.4 Å². The fourth-order valence-corrected chi connectivity index (χ4v) is 1.61. The fraction of sp³-hybridized carbons (Fsp3) is 0.143. The molecule has 0 aliphatic heterocycles. The van der Waals surface area contributed by atoms with Crippen molar-refractivity contribution in [3.63, 3.8) is 0 Å². The molecule has 0 aromatic heterocycles. The Balaban J connectivity index is 2.84. The SMILES string of the molecule is NS(=O)(=O)Cc1ccc(N(O)O)cc1. The van der Waals surface area contributed by atoms with Gasteiger partial charge in [-0.2, -0.15) is 0 Å². The van der Waals surface area contributed by atoms with Crippen LogP contribution in [-0.2, 0) is 15.8 Å². The van der Waals surface area contributed by atoms with E-state index in [9.17, 15) is 8.42 Å². The third kappa shape index (κ3) is 3.30. The molecule has 0 radical (unpaired) electrons. The first kappa shape index (κ1) is 10.9. The van der Waals surface area contributed by atoms with Crippen LogP contribution in [0, 0.1) is 0 Å². The maximum absolute atomic E-state index is 10.7. The molecule has 6 nitrogen and oxygen atoms in total. The number of nitrogens with zero attached hydrogens (tertiary/aromatic N) is 1. The summed E-state index contributed by atoms with van der Waals surface area (Å²) >= 11 is 0. The van der Waals surface area contributed by atoms with Gasteiger partial charge in [-0.05, 0) is 17.7 Å². The Hall–Kier alpha value is -1.15. The van der Waals surface area contributed by atoms with Crippen molar-refractivity contribution < 1.29 is 18.8 Å². The summed E-state index contributed by atoms with van der Waals surface area (Å²) in [5.74, 6) is -0.274. The molecule has 78 valence electrons. The third-order valence-electron chi connectivity index (χ3n) is 1.54. The van der Waals surface area contributed by atoms with E-state index in [0.29, 0.717) is 5.56 Å². The van der Waals surface area contributed by atoms with Crippen molar-refractivity contribution in [3.05, 3.63) is 29.8 Å². The lowest BCUT2D eigenvalue weighted by atomic mass is 10.2. The summed E-state index contributed by atoms with van der Waals surface area (Å²) < 4.78 is 21.4. The van der Waals surface area contributed by atoms with Crippen LogP contribution in [0.25, 0.3) is 0 Å². The minimum absolute atomic E-state index is 0.0548. The molecule has 7 heteroatoms. The quantitative estimate of drug-likeness (QED) is 0.622. The maximum atomic E-state index is 10.7. The van der Waals surface area contributed by atoms with E-state index >= 15 is 0 Å². The Labute approximate surface area is 81.2 Å². The first-order valence-corrected chi connectivity index (χ1v) is 5.37. The summed E-state index contributed by atoms with van der Waals surface area (Å²) in [6, 6.07) is 5.61. The van der Waals surface area contributed by atoms with Crippen molar-refractivity contribution in [1.29, 1.82) is 0 Å². The highest BCUT2D eigenvalue weighted by Gasteiger charge is 2.05. The van der Waals surface area contributed by atoms with E-state index in [1.54, 1.807) is 0 Å². The average molecular weight is 218 g/mol. The van der Waals surface area contributed by atoms with Crippen LogP contribution in [0.15, 0.2) is 24.3 Å². The Morgan fingerprint density at radius 3 is 2.07 bits per heavy atom. The second-order valence-corrected chi connectivity index (χ2v) is 4.38. The van der Waals surface area contributed by atoms with Crippen LogP contribution >= 0.6 is 0 Å². The monoisotopic (exact) mass is 218 g/mol. The number of primary sulfonamides is 1. The molecule has 4 N–H and O–H groups in total. The fourth-order valence-electron chi connectivity index (χ4n) is 0.958. The molecule has 0 unspecified atom stereocenters. The van der Waals surface area contributed by atoms with Crippen molar-refractivity contribution in [2.75, 3.05) is 5.23 Å². The summed E-state index contributed by atoms with van der Waals surface area (Å²) in [6.45, 7) is 0. The number of anilines is 1. The standard InChI is InChI=1S/C7H10N2O4S/c8-14(12,13)5-6-1-3-7(4-2-6)9(10)11/h1-4,10-11H,5H2,(H2,8,12,13). The second-order valence-electron chi connectivity index (χ2n) is 2.76. The lowest BCUT2D eigenvalue weighted by Gasteiger charge is -2.07.